The Morgan fingerprint density at radius 2 is 1.97 bits per heavy atom. The Balaban J connectivity index is 1.38. The molecule has 3 aliphatic rings. The number of benzene rings is 2. The second-order valence-electron chi connectivity index (χ2n) is 8.78. The summed E-state index contributed by atoms with van der Waals surface area (Å²) in [4.78, 5) is 7.06. The van der Waals surface area contributed by atoms with Crippen LogP contribution in [-0.2, 0) is 19.4 Å². The van der Waals surface area contributed by atoms with E-state index in [0.717, 1.165) is 60.2 Å². The highest BCUT2D eigenvalue weighted by Gasteiger charge is 2.36. The monoisotopic (exact) mass is 445 g/mol. The first-order valence-corrected chi connectivity index (χ1v) is 11.3. The van der Waals surface area contributed by atoms with Crippen molar-refractivity contribution in [1.29, 1.82) is 0 Å². The first kappa shape index (κ1) is 20.2. The Hall–Kier alpha value is -3.45. The van der Waals surface area contributed by atoms with Crippen molar-refractivity contribution in [3.05, 3.63) is 64.3 Å². The van der Waals surface area contributed by atoms with Crippen molar-refractivity contribution < 1.29 is 18.9 Å². The normalized spacial score (nSPS) is 18.2. The summed E-state index contributed by atoms with van der Waals surface area (Å²) < 4.78 is 23.4. The Morgan fingerprint density at radius 1 is 1.12 bits per heavy atom. The van der Waals surface area contributed by atoms with E-state index in [9.17, 15) is 0 Å². The first-order valence-electron chi connectivity index (χ1n) is 11.3. The quantitative estimate of drug-likeness (QED) is 0.629. The fourth-order valence-electron chi connectivity index (χ4n) is 5.17. The van der Waals surface area contributed by atoms with Crippen molar-refractivity contribution in [1.82, 2.24) is 9.88 Å². The van der Waals surface area contributed by atoms with Crippen molar-refractivity contribution in [2.45, 2.75) is 32.4 Å². The maximum Gasteiger partial charge on any atom is 0.231 e. The van der Waals surface area contributed by atoms with Crippen molar-refractivity contribution in [2.24, 2.45) is 0 Å². The molecule has 1 unspecified atom stereocenters. The molecule has 2 aromatic carbocycles. The maximum absolute atomic E-state index is 6.41. The van der Waals surface area contributed by atoms with Gasteiger partial charge in [-0.15, -0.1) is 0 Å². The summed E-state index contributed by atoms with van der Waals surface area (Å²) in [5, 5.41) is 3.12. The van der Waals surface area contributed by atoms with E-state index >= 15 is 0 Å². The predicted molar refractivity (Wildman–Crippen MR) is 125 cm³/mol. The van der Waals surface area contributed by atoms with Crippen LogP contribution in [0.2, 0.25) is 0 Å². The Kier molecular flexibility index (Phi) is 4.80. The van der Waals surface area contributed by atoms with Gasteiger partial charge in [0, 0.05) is 37.3 Å². The predicted octanol–water partition coefficient (Wildman–Crippen LogP) is 4.62. The van der Waals surface area contributed by atoms with Crippen molar-refractivity contribution in [2.75, 3.05) is 32.8 Å². The number of aryl methyl sites for hydroxylation is 1. The molecule has 0 bridgehead atoms. The van der Waals surface area contributed by atoms with Gasteiger partial charge >= 0.3 is 0 Å². The summed E-state index contributed by atoms with van der Waals surface area (Å²) in [5.41, 5.74) is 7.08. The highest BCUT2D eigenvalue weighted by atomic mass is 16.7. The van der Waals surface area contributed by atoms with E-state index in [0.29, 0.717) is 18.7 Å². The molecule has 0 amide bonds. The van der Waals surface area contributed by atoms with Gasteiger partial charge in [0.25, 0.3) is 0 Å². The van der Waals surface area contributed by atoms with Gasteiger partial charge in [0.15, 0.2) is 23.0 Å². The molecule has 170 valence electrons. The Labute approximate surface area is 193 Å². The average molecular weight is 446 g/mol. The van der Waals surface area contributed by atoms with Crippen LogP contribution in [-0.4, -0.2) is 37.4 Å². The molecule has 0 aliphatic carbocycles. The van der Waals surface area contributed by atoms with Crippen LogP contribution < -0.4 is 24.3 Å². The third-order valence-corrected chi connectivity index (χ3v) is 6.94. The Morgan fingerprint density at radius 3 is 2.76 bits per heavy atom. The van der Waals surface area contributed by atoms with E-state index < -0.39 is 0 Å². The molecule has 33 heavy (non-hydrogen) atoms. The molecule has 1 N–H and O–H groups in total. The van der Waals surface area contributed by atoms with Crippen LogP contribution in [0, 0.1) is 6.92 Å². The lowest BCUT2D eigenvalue weighted by molar-refractivity contribution is 0.158. The van der Waals surface area contributed by atoms with Gasteiger partial charge < -0.3 is 24.3 Å². The molecule has 1 aromatic heterocycles. The summed E-state index contributed by atoms with van der Waals surface area (Å²) >= 11 is 0. The summed E-state index contributed by atoms with van der Waals surface area (Å²) in [6, 6.07) is 10.9. The molecule has 0 saturated carbocycles. The number of methoxy groups -OCH3 is 1. The second-order valence-corrected chi connectivity index (χ2v) is 8.78. The molecular weight excluding hydrogens is 418 g/mol. The first-order chi connectivity index (χ1) is 16.1. The molecule has 4 heterocycles. The van der Waals surface area contributed by atoms with Crippen LogP contribution in [0.1, 0.15) is 33.9 Å². The standard InChI is InChI=1S/C26H27N3O4/c1-15-8-18(27-2)12-28-26(15)33-25-20-13-29-7-6-17-10-23-24(32-14-31-23)11-19(17)21(29)9-16(20)4-5-22(25)30-3/h4-5,8,10-12,21,27H,6-7,9,13-14H2,1-3H3. The number of hydrogen-bond acceptors (Lipinski definition) is 7. The summed E-state index contributed by atoms with van der Waals surface area (Å²) in [5.74, 6) is 3.81. The third-order valence-electron chi connectivity index (χ3n) is 6.94. The van der Waals surface area contributed by atoms with Gasteiger partial charge in [-0.3, -0.25) is 4.90 Å². The smallest absolute Gasteiger partial charge is 0.231 e. The van der Waals surface area contributed by atoms with Gasteiger partial charge in [-0.25, -0.2) is 4.98 Å². The average Bonchev–Trinajstić information content (AvgIpc) is 3.30. The molecule has 0 radical (unpaired) electrons. The zero-order valence-corrected chi connectivity index (χ0v) is 19.1. The molecule has 0 saturated heterocycles. The SMILES string of the molecule is CNc1cnc(Oc2c(OC)ccc3c2CN2CCc4cc5c(cc4C2C3)OCO5)c(C)c1. The van der Waals surface area contributed by atoms with Crippen molar-refractivity contribution in [3.63, 3.8) is 0 Å². The molecule has 7 nitrogen and oxygen atoms in total. The zero-order valence-electron chi connectivity index (χ0n) is 19.1. The van der Waals surface area contributed by atoms with E-state index in [4.69, 9.17) is 18.9 Å². The number of nitrogens with one attached hydrogen (secondary N) is 1. The number of fused-ring (bicyclic) bond motifs is 5. The largest absolute Gasteiger partial charge is 0.493 e. The molecule has 7 heteroatoms. The highest BCUT2D eigenvalue weighted by molar-refractivity contribution is 5.56. The van der Waals surface area contributed by atoms with Crippen molar-refractivity contribution >= 4 is 5.69 Å². The number of rotatable bonds is 4. The van der Waals surface area contributed by atoms with E-state index in [1.54, 1.807) is 13.3 Å². The summed E-state index contributed by atoms with van der Waals surface area (Å²) in [7, 11) is 3.57. The number of anilines is 1. The van der Waals surface area contributed by atoms with E-state index in [1.165, 1.54) is 22.3 Å². The molecule has 1 atom stereocenters. The van der Waals surface area contributed by atoms with Gasteiger partial charge in [0.05, 0.1) is 19.0 Å². The number of hydrogen-bond donors (Lipinski definition) is 1. The van der Waals surface area contributed by atoms with E-state index in [1.807, 2.05) is 26.1 Å². The minimum absolute atomic E-state index is 0.304. The molecule has 0 fully saturated rings. The van der Waals surface area contributed by atoms with Gasteiger partial charge in [0.1, 0.15) is 0 Å². The molecular formula is C26H27N3O4. The lowest BCUT2D eigenvalue weighted by Gasteiger charge is -2.42. The minimum atomic E-state index is 0.304. The number of nitrogens with zero attached hydrogens (tertiary/aromatic N) is 2. The van der Waals surface area contributed by atoms with Crippen LogP contribution >= 0.6 is 0 Å². The van der Waals surface area contributed by atoms with Crippen LogP contribution in [0.3, 0.4) is 0 Å². The van der Waals surface area contributed by atoms with E-state index in [2.05, 4.69) is 33.4 Å². The third kappa shape index (κ3) is 3.35. The van der Waals surface area contributed by atoms with Crippen molar-refractivity contribution in [3.8, 4) is 28.9 Å². The molecule has 3 aliphatic heterocycles. The van der Waals surface area contributed by atoms with Crippen LogP contribution in [0.25, 0.3) is 0 Å². The van der Waals surface area contributed by atoms with Crippen LogP contribution in [0.4, 0.5) is 5.69 Å². The lowest BCUT2D eigenvalue weighted by atomic mass is 9.83. The van der Waals surface area contributed by atoms with Gasteiger partial charge in [-0.05, 0) is 60.7 Å². The summed E-state index contributed by atoms with van der Waals surface area (Å²) in [6.07, 6.45) is 3.68. The maximum atomic E-state index is 6.41. The second kappa shape index (κ2) is 7.85. The zero-order chi connectivity index (χ0) is 22.5. The molecule has 6 rings (SSSR count). The van der Waals surface area contributed by atoms with Crippen LogP contribution in [0.15, 0.2) is 36.5 Å². The number of pyridine rings is 1. The van der Waals surface area contributed by atoms with E-state index in [-0.39, 0.29) is 0 Å². The highest BCUT2D eigenvalue weighted by Crippen LogP contribution is 2.47. The van der Waals surface area contributed by atoms with Gasteiger partial charge in [-0.1, -0.05) is 6.07 Å². The van der Waals surface area contributed by atoms with Crippen LogP contribution in [0.5, 0.6) is 28.9 Å². The molecule has 3 aromatic rings. The summed E-state index contributed by atoms with van der Waals surface area (Å²) in [6.45, 7) is 4.10. The van der Waals surface area contributed by atoms with Gasteiger partial charge in [-0.2, -0.15) is 0 Å². The number of ether oxygens (including phenoxy) is 4. The minimum Gasteiger partial charge on any atom is -0.493 e. The Bertz CT molecular complexity index is 1240. The molecule has 0 spiro atoms. The lowest BCUT2D eigenvalue weighted by Crippen LogP contribution is -2.39. The van der Waals surface area contributed by atoms with Gasteiger partial charge in [0.2, 0.25) is 12.7 Å². The fourth-order valence-corrected chi connectivity index (χ4v) is 5.17. The number of aromatic nitrogens is 1. The fraction of sp³-hybridized carbons (Fsp3) is 0.346. The topological polar surface area (TPSA) is 65.1 Å².